The van der Waals surface area contributed by atoms with Crippen LogP contribution in [0.25, 0.3) is 0 Å². The van der Waals surface area contributed by atoms with Crippen molar-refractivity contribution in [2.45, 2.75) is 24.8 Å². The molecule has 0 saturated carbocycles. The first kappa shape index (κ1) is 12.5. The molecule has 2 aliphatic heterocycles. The zero-order valence-electron chi connectivity index (χ0n) is 9.94. The molecule has 0 unspecified atom stereocenters. The lowest BCUT2D eigenvalue weighted by atomic mass is 9.83. The standard InChI is InChI=1S/C13H17NO2.ClH/c1-15-12-6-2-4-10-9-5-3-7-14-11(9)8-16-13(10)12;/h2,4,6,9,11,14H,3,5,7-8H2,1H3;1H/t9-,11-;/m0./s1. The second-order valence-electron chi connectivity index (χ2n) is 4.50. The summed E-state index contributed by atoms with van der Waals surface area (Å²) >= 11 is 0. The van der Waals surface area contributed by atoms with Gasteiger partial charge in [-0.05, 0) is 25.5 Å². The maximum absolute atomic E-state index is 5.83. The van der Waals surface area contributed by atoms with Crippen LogP contribution in [-0.4, -0.2) is 26.3 Å². The topological polar surface area (TPSA) is 30.5 Å². The van der Waals surface area contributed by atoms with Gasteiger partial charge in [0.25, 0.3) is 0 Å². The van der Waals surface area contributed by atoms with E-state index in [9.17, 15) is 0 Å². The van der Waals surface area contributed by atoms with Crippen molar-refractivity contribution >= 4 is 12.4 Å². The number of nitrogens with one attached hydrogen (secondary N) is 1. The summed E-state index contributed by atoms with van der Waals surface area (Å²) in [5.74, 6) is 2.41. The van der Waals surface area contributed by atoms with E-state index in [1.54, 1.807) is 7.11 Å². The average Bonchev–Trinajstić information content (AvgIpc) is 2.37. The van der Waals surface area contributed by atoms with Crippen LogP contribution >= 0.6 is 12.4 Å². The van der Waals surface area contributed by atoms with Crippen LogP contribution in [0, 0.1) is 0 Å². The van der Waals surface area contributed by atoms with Gasteiger partial charge in [-0.1, -0.05) is 12.1 Å². The number of para-hydroxylation sites is 1. The quantitative estimate of drug-likeness (QED) is 0.836. The molecule has 1 aromatic rings. The van der Waals surface area contributed by atoms with E-state index in [2.05, 4.69) is 17.4 Å². The molecular weight excluding hydrogens is 238 g/mol. The normalized spacial score (nSPS) is 25.9. The van der Waals surface area contributed by atoms with Crippen LogP contribution in [0.3, 0.4) is 0 Å². The molecule has 0 spiro atoms. The first-order valence-corrected chi connectivity index (χ1v) is 5.93. The number of hydrogen-bond donors (Lipinski definition) is 1. The Kier molecular flexibility index (Phi) is 3.79. The van der Waals surface area contributed by atoms with E-state index in [0.29, 0.717) is 12.0 Å². The number of ether oxygens (including phenoxy) is 2. The van der Waals surface area contributed by atoms with Crippen LogP contribution in [0.4, 0.5) is 0 Å². The van der Waals surface area contributed by atoms with Gasteiger partial charge in [0.1, 0.15) is 6.61 Å². The number of halogens is 1. The lowest BCUT2D eigenvalue weighted by Crippen LogP contribution is -2.46. The third kappa shape index (κ3) is 2.09. The minimum Gasteiger partial charge on any atom is -0.493 e. The van der Waals surface area contributed by atoms with Crippen molar-refractivity contribution in [1.82, 2.24) is 5.32 Å². The molecule has 1 N–H and O–H groups in total. The number of rotatable bonds is 1. The minimum absolute atomic E-state index is 0. The molecule has 0 aromatic heterocycles. The van der Waals surface area contributed by atoms with Crippen LogP contribution < -0.4 is 14.8 Å². The Balaban J connectivity index is 0.00000108. The number of methoxy groups -OCH3 is 1. The van der Waals surface area contributed by atoms with Gasteiger partial charge in [-0.3, -0.25) is 0 Å². The molecule has 0 bridgehead atoms. The lowest BCUT2D eigenvalue weighted by Gasteiger charge is -2.38. The molecule has 0 amide bonds. The van der Waals surface area contributed by atoms with Crippen molar-refractivity contribution in [2.75, 3.05) is 20.3 Å². The summed E-state index contributed by atoms with van der Waals surface area (Å²) in [5, 5.41) is 3.53. The SMILES string of the molecule is COc1cccc2c1OC[C@@H]1NCCC[C@@H]21.Cl. The molecule has 2 aliphatic rings. The maximum Gasteiger partial charge on any atom is 0.164 e. The fourth-order valence-corrected chi connectivity index (χ4v) is 2.81. The molecular formula is C13H18ClNO2. The fourth-order valence-electron chi connectivity index (χ4n) is 2.81. The van der Waals surface area contributed by atoms with Crippen molar-refractivity contribution < 1.29 is 9.47 Å². The largest absolute Gasteiger partial charge is 0.493 e. The molecule has 3 nitrogen and oxygen atoms in total. The highest BCUT2D eigenvalue weighted by Crippen LogP contribution is 2.43. The van der Waals surface area contributed by atoms with Crippen LogP contribution in [0.2, 0.25) is 0 Å². The van der Waals surface area contributed by atoms with Gasteiger partial charge in [-0.2, -0.15) is 0 Å². The Labute approximate surface area is 108 Å². The molecule has 2 heterocycles. The maximum atomic E-state index is 5.83. The third-order valence-corrected chi connectivity index (χ3v) is 3.62. The van der Waals surface area contributed by atoms with Gasteiger partial charge >= 0.3 is 0 Å². The van der Waals surface area contributed by atoms with Crippen LogP contribution in [-0.2, 0) is 0 Å². The molecule has 1 saturated heterocycles. The third-order valence-electron chi connectivity index (χ3n) is 3.62. The van der Waals surface area contributed by atoms with Gasteiger partial charge < -0.3 is 14.8 Å². The molecule has 3 rings (SSSR count). The highest BCUT2D eigenvalue weighted by molar-refractivity contribution is 5.85. The number of piperidine rings is 1. The monoisotopic (exact) mass is 255 g/mol. The van der Waals surface area contributed by atoms with E-state index >= 15 is 0 Å². The highest BCUT2D eigenvalue weighted by Gasteiger charge is 2.33. The number of fused-ring (bicyclic) bond motifs is 3. The summed E-state index contributed by atoms with van der Waals surface area (Å²) in [7, 11) is 1.70. The second kappa shape index (κ2) is 5.15. The summed E-state index contributed by atoms with van der Waals surface area (Å²) in [6.07, 6.45) is 2.50. The summed E-state index contributed by atoms with van der Waals surface area (Å²) in [6, 6.07) is 6.67. The minimum atomic E-state index is 0. The van der Waals surface area contributed by atoms with Gasteiger partial charge in [0.05, 0.1) is 7.11 Å². The van der Waals surface area contributed by atoms with Gasteiger partial charge in [0.15, 0.2) is 11.5 Å². The van der Waals surface area contributed by atoms with Crippen molar-refractivity contribution in [2.24, 2.45) is 0 Å². The Morgan fingerprint density at radius 1 is 1.41 bits per heavy atom. The van der Waals surface area contributed by atoms with E-state index in [4.69, 9.17) is 9.47 Å². The lowest BCUT2D eigenvalue weighted by molar-refractivity contribution is 0.183. The van der Waals surface area contributed by atoms with Crippen molar-refractivity contribution in [3.63, 3.8) is 0 Å². The average molecular weight is 256 g/mol. The Hall–Kier alpha value is -0.930. The van der Waals surface area contributed by atoms with E-state index in [1.807, 2.05) is 6.07 Å². The summed E-state index contributed by atoms with van der Waals surface area (Å²) in [6.45, 7) is 1.88. The van der Waals surface area contributed by atoms with Crippen molar-refractivity contribution in [3.8, 4) is 11.5 Å². The number of benzene rings is 1. The van der Waals surface area contributed by atoms with Gasteiger partial charge in [-0.25, -0.2) is 0 Å². The smallest absolute Gasteiger partial charge is 0.164 e. The molecule has 0 aliphatic carbocycles. The molecule has 1 aromatic carbocycles. The molecule has 2 atom stereocenters. The van der Waals surface area contributed by atoms with Crippen LogP contribution in [0.1, 0.15) is 24.3 Å². The molecule has 1 fully saturated rings. The van der Waals surface area contributed by atoms with Crippen LogP contribution in [0.5, 0.6) is 11.5 Å². The highest BCUT2D eigenvalue weighted by atomic mass is 35.5. The van der Waals surface area contributed by atoms with Crippen LogP contribution in [0.15, 0.2) is 18.2 Å². The molecule has 0 radical (unpaired) electrons. The predicted molar refractivity (Wildman–Crippen MR) is 69.5 cm³/mol. The zero-order valence-corrected chi connectivity index (χ0v) is 10.8. The first-order valence-electron chi connectivity index (χ1n) is 5.93. The Bertz CT molecular complexity index is 397. The summed E-state index contributed by atoms with van der Waals surface area (Å²) in [5.41, 5.74) is 1.31. The summed E-state index contributed by atoms with van der Waals surface area (Å²) < 4.78 is 11.2. The van der Waals surface area contributed by atoms with E-state index in [0.717, 1.165) is 24.7 Å². The zero-order chi connectivity index (χ0) is 11.0. The van der Waals surface area contributed by atoms with Crippen molar-refractivity contribution in [1.29, 1.82) is 0 Å². The number of hydrogen-bond acceptors (Lipinski definition) is 3. The van der Waals surface area contributed by atoms with Gasteiger partial charge in [-0.15, -0.1) is 12.4 Å². The van der Waals surface area contributed by atoms with Crippen molar-refractivity contribution in [3.05, 3.63) is 23.8 Å². The Morgan fingerprint density at radius 2 is 2.29 bits per heavy atom. The molecule has 17 heavy (non-hydrogen) atoms. The Morgan fingerprint density at radius 3 is 3.12 bits per heavy atom. The van der Waals surface area contributed by atoms with E-state index in [1.165, 1.54) is 18.4 Å². The fraction of sp³-hybridized carbons (Fsp3) is 0.538. The van der Waals surface area contributed by atoms with E-state index in [-0.39, 0.29) is 12.4 Å². The molecule has 94 valence electrons. The van der Waals surface area contributed by atoms with Gasteiger partial charge in [0.2, 0.25) is 0 Å². The van der Waals surface area contributed by atoms with E-state index < -0.39 is 0 Å². The first-order chi connectivity index (χ1) is 7.90. The second-order valence-corrected chi connectivity index (χ2v) is 4.50. The molecule has 4 heteroatoms. The summed E-state index contributed by atoms with van der Waals surface area (Å²) in [4.78, 5) is 0. The predicted octanol–water partition coefficient (Wildman–Crippen LogP) is 2.35. The van der Waals surface area contributed by atoms with Gasteiger partial charge in [0, 0.05) is 17.5 Å².